The van der Waals surface area contributed by atoms with Gasteiger partial charge in [0.05, 0.1) is 12.1 Å². The van der Waals surface area contributed by atoms with Crippen molar-refractivity contribution >= 4 is 11.8 Å². The van der Waals surface area contributed by atoms with Gasteiger partial charge in [0.1, 0.15) is 0 Å². The van der Waals surface area contributed by atoms with E-state index < -0.39 is 23.6 Å². The zero-order valence-corrected chi connectivity index (χ0v) is 13.1. The Kier molecular flexibility index (Phi) is 6.30. The maximum atomic E-state index is 12.8. The Balaban J connectivity index is 3.07. The molecule has 1 rings (SSSR count). The number of halogens is 3. The van der Waals surface area contributed by atoms with Crippen molar-refractivity contribution in [1.82, 2.24) is 10.4 Å². The van der Waals surface area contributed by atoms with Crippen LogP contribution in [0.5, 0.6) is 0 Å². The van der Waals surface area contributed by atoms with Crippen LogP contribution >= 0.6 is 0 Å². The first kappa shape index (κ1) is 19.4. The monoisotopic (exact) mass is 342 g/mol. The van der Waals surface area contributed by atoms with Crippen molar-refractivity contribution in [1.29, 1.82) is 0 Å². The lowest BCUT2D eigenvalue weighted by atomic mass is 10.1. The Morgan fingerprint density at radius 1 is 1.33 bits per heavy atom. The molecule has 0 atom stereocenters. The third kappa shape index (κ3) is 5.24. The van der Waals surface area contributed by atoms with E-state index in [2.05, 4.69) is 6.58 Å². The fourth-order valence-electron chi connectivity index (χ4n) is 1.98. The van der Waals surface area contributed by atoms with Crippen molar-refractivity contribution in [3.8, 4) is 0 Å². The minimum atomic E-state index is -4.48. The molecule has 0 saturated heterocycles. The normalized spacial score (nSPS) is 11.8. The van der Waals surface area contributed by atoms with E-state index in [9.17, 15) is 22.8 Å². The number of hydrogen-bond acceptors (Lipinski definition) is 3. The SMILES string of the molecule is C=C(/C=C(\C)N(Cc1cccc(C(F)(F)F)c1)C(C)=O)C(=O)NO. The molecule has 1 aromatic carbocycles. The first-order chi connectivity index (χ1) is 11.1. The molecule has 0 saturated carbocycles. The van der Waals surface area contributed by atoms with Crippen LogP contribution in [0.3, 0.4) is 0 Å². The summed E-state index contributed by atoms with van der Waals surface area (Å²) in [6, 6.07) is 4.62. The lowest BCUT2D eigenvalue weighted by Crippen LogP contribution is -2.27. The fourth-order valence-corrected chi connectivity index (χ4v) is 1.98. The fraction of sp³-hybridized carbons (Fsp3) is 0.250. The molecular formula is C16H17F3N2O3. The molecule has 0 aliphatic heterocycles. The van der Waals surface area contributed by atoms with Crippen molar-refractivity contribution in [3.63, 3.8) is 0 Å². The second-order valence-corrected chi connectivity index (χ2v) is 5.06. The Morgan fingerprint density at radius 3 is 2.46 bits per heavy atom. The summed E-state index contributed by atoms with van der Waals surface area (Å²) in [5.41, 5.74) is 1.07. The van der Waals surface area contributed by atoms with Gasteiger partial charge in [-0.1, -0.05) is 18.7 Å². The van der Waals surface area contributed by atoms with Crippen LogP contribution in [0, 0.1) is 0 Å². The number of nitrogens with one attached hydrogen (secondary N) is 1. The molecule has 0 fully saturated rings. The summed E-state index contributed by atoms with van der Waals surface area (Å²) in [6.45, 7) is 6.08. The standard InChI is InChI=1S/C16H17F3N2O3/c1-10(15(23)20-24)7-11(2)21(12(3)22)9-13-5-4-6-14(8-13)16(17,18)19/h4-8,24H,1,9H2,2-3H3,(H,20,23)/b11-7+. The highest BCUT2D eigenvalue weighted by molar-refractivity contribution is 5.94. The van der Waals surface area contributed by atoms with Gasteiger partial charge in [-0.2, -0.15) is 13.2 Å². The zero-order chi connectivity index (χ0) is 18.5. The Morgan fingerprint density at radius 2 is 1.96 bits per heavy atom. The summed E-state index contributed by atoms with van der Waals surface area (Å²) in [5, 5.41) is 8.53. The number of benzene rings is 1. The van der Waals surface area contributed by atoms with E-state index >= 15 is 0 Å². The predicted octanol–water partition coefficient (Wildman–Crippen LogP) is 3.02. The number of carbonyl (C=O) groups is 2. The van der Waals surface area contributed by atoms with Crippen molar-refractivity contribution in [2.75, 3.05) is 0 Å². The molecule has 2 N–H and O–H groups in total. The van der Waals surface area contributed by atoms with Crippen LogP contribution in [0.25, 0.3) is 0 Å². The highest BCUT2D eigenvalue weighted by Crippen LogP contribution is 2.30. The Labute approximate surface area is 137 Å². The smallest absolute Gasteiger partial charge is 0.312 e. The number of rotatable bonds is 5. The summed E-state index contributed by atoms with van der Waals surface area (Å²) >= 11 is 0. The van der Waals surface area contributed by atoms with Gasteiger partial charge in [-0.05, 0) is 30.7 Å². The number of allylic oxidation sites excluding steroid dienone is 1. The van der Waals surface area contributed by atoms with Gasteiger partial charge in [0.2, 0.25) is 5.91 Å². The van der Waals surface area contributed by atoms with Crippen molar-refractivity contribution in [2.45, 2.75) is 26.6 Å². The molecular weight excluding hydrogens is 325 g/mol. The molecule has 0 aliphatic rings. The molecule has 0 unspecified atom stereocenters. The van der Waals surface area contributed by atoms with Gasteiger partial charge in [-0.25, -0.2) is 5.48 Å². The number of carbonyl (C=O) groups excluding carboxylic acids is 2. The number of nitrogens with zero attached hydrogens (tertiary/aromatic N) is 1. The van der Waals surface area contributed by atoms with Crippen LogP contribution in [-0.2, 0) is 22.3 Å². The molecule has 0 bridgehead atoms. The second-order valence-electron chi connectivity index (χ2n) is 5.06. The molecule has 1 aromatic rings. The van der Waals surface area contributed by atoms with Crippen LogP contribution < -0.4 is 5.48 Å². The maximum Gasteiger partial charge on any atom is 0.416 e. The molecule has 0 aromatic heterocycles. The van der Waals surface area contributed by atoms with E-state index in [4.69, 9.17) is 5.21 Å². The van der Waals surface area contributed by atoms with Crippen LogP contribution in [0.1, 0.15) is 25.0 Å². The van der Waals surface area contributed by atoms with E-state index in [0.29, 0.717) is 5.70 Å². The summed E-state index contributed by atoms with van der Waals surface area (Å²) in [7, 11) is 0. The van der Waals surface area contributed by atoms with Crippen molar-refractivity contribution < 1.29 is 28.0 Å². The summed E-state index contributed by atoms with van der Waals surface area (Å²) in [5.74, 6) is -1.27. The van der Waals surface area contributed by atoms with Crippen molar-refractivity contribution in [2.24, 2.45) is 0 Å². The minimum Gasteiger partial charge on any atom is -0.312 e. The first-order valence-corrected chi connectivity index (χ1v) is 6.82. The summed E-state index contributed by atoms with van der Waals surface area (Å²) < 4.78 is 38.3. The summed E-state index contributed by atoms with van der Waals surface area (Å²) in [6.07, 6.45) is -3.23. The number of hydroxylamine groups is 1. The molecule has 130 valence electrons. The van der Waals surface area contributed by atoms with E-state index in [0.717, 1.165) is 12.1 Å². The predicted molar refractivity (Wildman–Crippen MR) is 80.5 cm³/mol. The molecule has 0 spiro atoms. The lowest BCUT2D eigenvalue weighted by Gasteiger charge is -2.22. The molecule has 0 aliphatic carbocycles. The van der Waals surface area contributed by atoms with Crippen LogP contribution in [0.15, 0.2) is 48.2 Å². The van der Waals surface area contributed by atoms with Gasteiger partial charge in [-0.3, -0.25) is 14.8 Å². The van der Waals surface area contributed by atoms with E-state index in [1.54, 1.807) is 0 Å². The van der Waals surface area contributed by atoms with E-state index in [1.165, 1.54) is 42.4 Å². The zero-order valence-electron chi connectivity index (χ0n) is 13.1. The molecule has 8 heteroatoms. The molecule has 0 heterocycles. The molecule has 0 radical (unpaired) electrons. The largest absolute Gasteiger partial charge is 0.416 e. The summed E-state index contributed by atoms with van der Waals surface area (Å²) in [4.78, 5) is 24.2. The van der Waals surface area contributed by atoms with Gasteiger partial charge in [0.25, 0.3) is 5.91 Å². The van der Waals surface area contributed by atoms with Gasteiger partial charge < -0.3 is 4.90 Å². The third-order valence-electron chi connectivity index (χ3n) is 3.18. The van der Waals surface area contributed by atoms with Gasteiger partial charge >= 0.3 is 6.18 Å². The highest BCUT2D eigenvalue weighted by atomic mass is 19.4. The number of hydrogen-bond donors (Lipinski definition) is 2. The minimum absolute atomic E-state index is 0.102. The van der Waals surface area contributed by atoms with Gasteiger partial charge in [-0.15, -0.1) is 0 Å². The molecule has 5 nitrogen and oxygen atoms in total. The van der Waals surface area contributed by atoms with Gasteiger partial charge in [0, 0.05) is 18.2 Å². The second kappa shape index (κ2) is 7.78. The highest BCUT2D eigenvalue weighted by Gasteiger charge is 2.30. The maximum absolute atomic E-state index is 12.8. The Bertz CT molecular complexity index is 681. The van der Waals surface area contributed by atoms with Crippen LogP contribution in [0.4, 0.5) is 13.2 Å². The van der Waals surface area contributed by atoms with Gasteiger partial charge in [0.15, 0.2) is 0 Å². The Hall–Kier alpha value is -2.61. The number of amides is 2. The van der Waals surface area contributed by atoms with E-state index in [-0.39, 0.29) is 17.7 Å². The average Bonchev–Trinajstić information content (AvgIpc) is 2.50. The quantitative estimate of drug-likeness (QED) is 0.374. The van der Waals surface area contributed by atoms with Crippen LogP contribution in [0.2, 0.25) is 0 Å². The topological polar surface area (TPSA) is 69.6 Å². The first-order valence-electron chi connectivity index (χ1n) is 6.82. The van der Waals surface area contributed by atoms with E-state index in [1.807, 2.05) is 0 Å². The molecule has 2 amide bonds. The third-order valence-corrected chi connectivity index (χ3v) is 3.18. The number of alkyl halides is 3. The lowest BCUT2D eigenvalue weighted by molar-refractivity contribution is -0.137. The van der Waals surface area contributed by atoms with Crippen molar-refractivity contribution in [3.05, 3.63) is 59.3 Å². The molecule has 24 heavy (non-hydrogen) atoms. The van der Waals surface area contributed by atoms with Crippen LogP contribution in [-0.4, -0.2) is 21.9 Å². The average molecular weight is 342 g/mol.